The van der Waals surface area contributed by atoms with Crippen LogP contribution in [0.25, 0.3) is 0 Å². The average Bonchev–Trinajstić information content (AvgIpc) is 2.76. The standard InChI is InChI=1S/C13H16N2O4S2/c14-8-7-11-3-5-12(6-4-11)21(18,19)15-10-13-2-1-9-20(13,16)17/h3-6,13,15H,1-2,7,9-10H2. The van der Waals surface area contributed by atoms with Gasteiger partial charge in [0.05, 0.1) is 28.4 Å². The lowest BCUT2D eigenvalue weighted by Crippen LogP contribution is -2.34. The van der Waals surface area contributed by atoms with Gasteiger partial charge in [-0.2, -0.15) is 5.26 Å². The molecule has 21 heavy (non-hydrogen) atoms. The molecule has 1 aliphatic rings. The van der Waals surface area contributed by atoms with Gasteiger partial charge in [-0.3, -0.25) is 0 Å². The van der Waals surface area contributed by atoms with Crippen molar-refractivity contribution >= 4 is 19.9 Å². The first-order chi connectivity index (χ1) is 9.85. The molecule has 6 nitrogen and oxygen atoms in total. The van der Waals surface area contributed by atoms with E-state index < -0.39 is 25.1 Å². The van der Waals surface area contributed by atoms with E-state index in [4.69, 9.17) is 5.26 Å². The molecule has 1 aromatic carbocycles. The van der Waals surface area contributed by atoms with Crippen molar-refractivity contribution in [2.24, 2.45) is 0 Å². The van der Waals surface area contributed by atoms with E-state index in [1.807, 2.05) is 6.07 Å². The van der Waals surface area contributed by atoms with E-state index in [1.54, 1.807) is 12.1 Å². The maximum absolute atomic E-state index is 12.1. The number of nitrogens with one attached hydrogen (secondary N) is 1. The van der Waals surface area contributed by atoms with Gasteiger partial charge >= 0.3 is 0 Å². The minimum atomic E-state index is -3.73. The Hall–Kier alpha value is -1.43. The van der Waals surface area contributed by atoms with Crippen molar-refractivity contribution < 1.29 is 16.8 Å². The number of rotatable bonds is 5. The van der Waals surface area contributed by atoms with Crippen molar-refractivity contribution in [3.63, 3.8) is 0 Å². The van der Waals surface area contributed by atoms with Gasteiger partial charge in [0.25, 0.3) is 0 Å². The van der Waals surface area contributed by atoms with Crippen LogP contribution in [0.4, 0.5) is 0 Å². The number of hydrogen-bond acceptors (Lipinski definition) is 5. The molecule has 0 amide bonds. The zero-order chi connectivity index (χ0) is 15.5. The van der Waals surface area contributed by atoms with Crippen LogP contribution < -0.4 is 4.72 Å². The Morgan fingerprint density at radius 2 is 1.95 bits per heavy atom. The summed E-state index contributed by atoms with van der Waals surface area (Å²) in [5.41, 5.74) is 0.731. The van der Waals surface area contributed by atoms with Crippen molar-refractivity contribution in [3.8, 4) is 6.07 Å². The van der Waals surface area contributed by atoms with Gasteiger partial charge in [0.15, 0.2) is 9.84 Å². The number of sulfone groups is 1. The summed E-state index contributed by atoms with van der Waals surface area (Å²) in [5, 5.41) is 7.93. The molecule has 0 aliphatic carbocycles. The Bertz CT molecular complexity index is 746. The topological polar surface area (TPSA) is 104 Å². The van der Waals surface area contributed by atoms with Crippen molar-refractivity contribution in [2.45, 2.75) is 29.4 Å². The molecule has 0 bridgehead atoms. The summed E-state index contributed by atoms with van der Waals surface area (Å²) < 4.78 is 49.9. The predicted octanol–water partition coefficient (Wildman–Crippen LogP) is 0.608. The van der Waals surface area contributed by atoms with Crippen LogP contribution >= 0.6 is 0 Å². The molecule has 1 aliphatic heterocycles. The Labute approximate surface area is 124 Å². The van der Waals surface area contributed by atoms with Crippen LogP contribution in [-0.2, 0) is 26.3 Å². The SMILES string of the molecule is N#CCc1ccc(S(=O)(=O)NCC2CCCS2(=O)=O)cc1. The van der Waals surface area contributed by atoms with Crippen LogP contribution in [0.15, 0.2) is 29.2 Å². The highest BCUT2D eigenvalue weighted by atomic mass is 32.2. The third-order valence-electron chi connectivity index (χ3n) is 3.48. The second kappa shape index (κ2) is 6.13. The van der Waals surface area contributed by atoms with Gasteiger partial charge in [-0.05, 0) is 30.5 Å². The molecule has 1 N–H and O–H groups in total. The lowest BCUT2D eigenvalue weighted by atomic mass is 10.2. The van der Waals surface area contributed by atoms with Gasteiger partial charge in [0.2, 0.25) is 10.0 Å². The average molecular weight is 328 g/mol. The highest BCUT2D eigenvalue weighted by Crippen LogP contribution is 2.20. The zero-order valence-electron chi connectivity index (χ0n) is 11.3. The molecule has 0 saturated carbocycles. The zero-order valence-corrected chi connectivity index (χ0v) is 13.0. The van der Waals surface area contributed by atoms with E-state index in [0.29, 0.717) is 12.8 Å². The molecule has 0 spiro atoms. The Kier molecular flexibility index (Phi) is 4.66. The molecule has 8 heteroatoms. The number of nitrogens with zero attached hydrogens (tertiary/aromatic N) is 1. The fourth-order valence-corrected chi connectivity index (χ4v) is 5.20. The largest absolute Gasteiger partial charge is 0.240 e. The summed E-state index contributed by atoms with van der Waals surface area (Å²) in [6, 6.07) is 7.96. The van der Waals surface area contributed by atoms with Crippen molar-refractivity contribution in [1.82, 2.24) is 4.72 Å². The summed E-state index contributed by atoms with van der Waals surface area (Å²) >= 11 is 0. The fourth-order valence-electron chi connectivity index (χ4n) is 2.25. The molecule has 114 valence electrons. The van der Waals surface area contributed by atoms with Gasteiger partial charge in [0.1, 0.15) is 0 Å². The molecular weight excluding hydrogens is 312 g/mol. The van der Waals surface area contributed by atoms with E-state index in [-0.39, 0.29) is 23.6 Å². The molecule has 1 saturated heterocycles. The lowest BCUT2D eigenvalue weighted by molar-refractivity contribution is 0.571. The van der Waals surface area contributed by atoms with Crippen LogP contribution in [0.2, 0.25) is 0 Å². The molecule has 1 unspecified atom stereocenters. The second-order valence-electron chi connectivity index (χ2n) is 4.96. The van der Waals surface area contributed by atoms with Crippen LogP contribution in [-0.4, -0.2) is 34.4 Å². The Balaban J connectivity index is 2.07. The summed E-state index contributed by atoms with van der Waals surface area (Å²) in [6.07, 6.45) is 1.29. The first kappa shape index (κ1) is 15.9. The molecule has 1 heterocycles. The smallest absolute Gasteiger partial charge is 0.229 e. The van der Waals surface area contributed by atoms with Crippen LogP contribution in [0.1, 0.15) is 18.4 Å². The predicted molar refractivity (Wildman–Crippen MR) is 77.8 cm³/mol. The summed E-state index contributed by atoms with van der Waals surface area (Å²) in [7, 11) is -6.90. The molecular formula is C13H16N2O4S2. The van der Waals surface area contributed by atoms with Gasteiger partial charge in [-0.1, -0.05) is 12.1 Å². The molecule has 0 aromatic heterocycles. The van der Waals surface area contributed by atoms with Crippen LogP contribution in [0.5, 0.6) is 0 Å². The highest BCUT2D eigenvalue weighted by molar-refractivity contribution is 7.92. The van der Waals surface area contributed by atoms with Gasteiger partial charge in [0, 0.05) is 6.54 Å². The maximum Gasteiger partial charge on any atom is 0.240 e. The van der Waals surface area contributed by atoms with E-state index in [0.717, 1.165) is 5.56 Å². The minimum absolute atomic E-state index is 0.0691. The quantitative estimate of drug-likeness (QED) is 0.852. The first-order valence-electron chi connectivity index (χ1n) is 6.52. The molecule has 1 atom stereocenters. The fraction of sp³-hybridized carbons (Fsp3) is 0.462. The number of hydrogen-bond donors (Lipinski definition) is 1. The van der Waals surface area contributed by atoms with E-state index in [1.165, 1.54) is 12.1 Å². The molecule has 2 rings (SSSR count). The van der Waals surface area contributed by atoms with Gasteiger partial charge in [-0.25, -0.2) is 21.6 Å². The summed E-state index contributed by atoms with van der Waals surface area (Å²) in [4.78, 5) is 0.0691. The van der Waals surface area contributed by atoms with E-state index in [2.05, 4.69) is 4.72 Å². The minimum Gasteiger partial charge on any atom is -0.229 e. The maximum atomic E-state index is 12.1. The van der Waals surface area contributed by atoms with Crippen LogP contribution in [0, 0.1) is 11.3 Å². The van der Waals surface area contributed by atoms with E-state index >= 15 is 0 Å². The molecule has 1 aromatic rings. The lowest BCUT2D eigenvalue weighted by Gasteiger charge is -2.11. The monoisotopic (exact) mass is 328 g/mol. The Morgan fingerprint density at radius 1 is 1.29 bits per heavy atom. The highest BCUT2D eigenvalue weighted by Gasteiger charge is 2.32. The van der Waals surface area contributed by atoms with Crippen molar-refractivity contribution in [3.05, 3.63) is 29.8 Å². The summed E-state index contributed by atoms with van der Waals surface area (Å²) in [5.74, 6) is 0.127. The number of benzene rings is 1. The second-order valence-corrected chi connectivity index (χ2v) is 9.13. The van der Waals surface area contributed by atoms with Crippen molar-refractivity contribution in [1.29, 1.82) is 5.26 Å². The third kappa shape index (κ3) is 3.81. The molecule has 0 radical (unpaired) electrons. The summed E-state index contributed by atoms with van der Waals surface area (Å²) in [6.45, 7) is -0.0926. The van der Waals surface area contributed by atoms with E-state index in [9.17, 15) is 16.8 Å². The van der Waals surface area contributed by atoms with Crippen molar-refractivity contribution in [2.75, 3.05) is 12.3 Å². The normalized spacial score (nSPS) is 21.0. The van der Waals surface area contributed by atoms with Crippen LogP contribution in [0.3, 0.4) is 0 Å². The third-order valence-corrected chi connectivity index (χ3v) is 7.20. The first-order valence-corrected chi connectivity index (χ1v) is 9.72. The number of sulfonamides is 1. The molecule has 1 fully saturated rings. The van der Waals surface area contributed by atoms with Gasteiger partial charge < -0.3 is 0 Å². The van der Waals surface area contributed by atoms with Gasteiger partial charge in [-0.15, -0.1) is 0 Å². The number of nitriles is 1. The Morgan fingerprint density at radius 3 is 2.48 bits per heavy atom.